The maximum absolute atomic E-state index is 11.8. The lowest BCUT2D eigenvalue weighted by molar-refractivity contribution is -0.237. The first kappa shape index (κ1) is 26.2. The maximum Gasteiger partial charge on any atom is 0.303 e. The summed E-state index contributed by atoms with van der Waals surface area (Å²) in [5, 5.41) is 0.639. The molecule has 1 heterocycles. The Morgan fingerprint density at radius 1 is 0.844 bits per heavy atom. The highest BCUT2D eigenvalue weighted by Crippen LogP contribution is 2.39. The lowest BCUT2D eigenvalue weighted by Crippen LogP contribution is -2.61. The molecule has 12 heteroatoms. The second kappa shape index (κ2) is 11.7. The molecule has 1 aliphatic rings. The van der Waals surface area contributed by atoms with Crippen LogP contribution in [0.5, 0.6) is 0 Å². The summed E-state index contributed by atoms with van der Waals surface area (Å²) in [6, 6.07) is 4.84. The summed E-state index contributed by atoms with van der Waals surface area (Å²) in [7, 11) is 0. The lowest BCUT2D eigenvalue weighted by atomic mass is 9.99. The van der Waals surface area contributed by atoms with Gasteiger partial charge in [-0.05, 0) is 18.2 Å². The quantitative estimate of drug-likeness (QED) is 0.401. The SMILES string of the molecule is CC(=O)OCC1O[C@H](Sc2ccc(Cl)c(Cl)c2)C(OC(C)=O)[C@@H](OC(C)=O)[C@H]1OC(C)=O. The fraction of sp³-hybridized carbons (Fsp3) is 0.500. The summed E-state index contributed by atoms with van der Waals surface area (Å²) in [6.07, 6.45) is -4.60. The lowest BCUT2D eigenvalue weighted by Gasteiger charge is -2.44. The minimum absolute atomic E-state index is 0.294. The number of hydrogen-bond donors (Lipinski definition) is 0. The molecule has 176 valence electrons. The Hall–Kier alpha value is -2.01. The molecule has 0 aromatic heterocycles. The van der Waals surface area contributed by atoms with Crippen molar-refractivity contribution in [2.45, 2.75) is 62.4 Å². The van der Waals surface area contributed by atoms with Crippen molar-refractivity contribution in [2.75, 3.05) is 6.61 Å². The van der Waals surface area contributed by atoms with Crippen LogP contribution >= 0.6 is 35.0 Å². The van der Waals surface area contributed by atoms with E-state index in [1.54, 1.807) is 18.2 Å². The van der Waals surface area contributed by atoms with E-state index in [0.717, 1.165) is 25.6 Å². The van der Waals surface area contributed by atoms with Gasteiger partial charge in [-0.1, -0.05) is 35.0 Å². The van der Waals surface area contributed by atoms with Crippen molar-refractivity contribution < 1.29 is 42.9 Å². The third-order valence-electron chi connectivity index (χ3n) is 4.09. The van der Waals surface area contributed by atoms with E-state index < -0.39 is 53.7 Å². The van der Waals surface area contributed by atoms with Crippen molar-refractivity contribution in [1.29, 1.82) is 0 Å². The summed E-state index contributed by atoms with van der Waals surface area (Å²) in [5.41, 5.74) is -0.937. The zero-order valence-electron chi connectivity index (χ0n) is 17.7. The van der Waals surface area contributed by atoms with Crippen molar-refractivity contribution >= 4 is 58.8 Å². The largest absolute Gasteiger partial charge is 0.463 e. The minimum atomic E-state index is -1.23. The van der Waals surface area contributed by atoms with Crippen LogP contribution in [-0.4, -0.2) is 60.3 Å². The van der Waals surface area contributed by atoms with Gasteiger partial charge in [-0.3, -0.25) is 19.2 Å². The molecule has 1 aromatic carbocycles. The standard InChI is InChI=1S/C20H22Cl2O9S/c1-9(23)27-8-16-17(28-10(2)24)18(29-11(3)25)19(30-12(4)26)20(31-16)32-13-5-6-14(21)15(22)7-13/h5-7,16-20H,8H2,1-4H3/t16?,17-,18-,19?,20+/m0/s1. The van der Waals surface area contributed by atoms with Crippen LogP contribution in [-0.2, 0) is 42.9 Å². The fourth-order valence-corrected chi connectivity index (χ4v) is 4.47. The number of halogens is 2. The van der Waals surface area contributed by atoms with E-state index in [2.05, 4.69) is 0 Å². The predicted molar refractivity (Wildman–Crippen MR) is 114 cm³/mol. The first-order valence-corrected chi connectivity index (χ1v) is 11.0. The van der Waals surface area contributed by atoms with Crippen molar-refractivity contribution in [2.24, 2.45) is 0 Å². The molecule has 32 heavy (non-hydrogen) atoms. The fourth-order valence-electron chi connectivity index (χ4n) is 2.97. The normalized spacial score (nSPS) is 24.9. The van der Waals surface area contributed by atoms with Crippen LogP contribution in [0.1, 0.15) is 27.7 Å². The van der Waals surface area contributed by atoms with Gasteiger partial charge in [0.15, 0.2) is 18.3 Å². The van der Waals surface area contributed by atoms with E-state index in [9.17, 15) is 19.2 Å². The van der Waals surface area contributed by atoms with Gasteiger partial charge in [0.25, 0.3) is 0 Å². The third kappa shape index (κ3) is 7.54. The van der Waals surface area contributed by atoms with Crippen LogP contribution in [0, 0.1) is 0 Å². The Bertz CT molecular complexity index is 879. The van der Waals surface area contributed by atoms with Gasteiger partial charge in [0.2, 0.25) is 0 Å². The van der Waals surface area contributed by atoms with E-state index in [0.29, 0.717) is 14.9 Å². The number of carbonyl (C=O) groups is 4. The van der Waals surface area contributed by atoms with Gasteiger partial charge in [0.05, 0.1) is 10.0 Å². The number of ether oxygens (including phenoxy) is 5. The molecule has 0 saturated carbocycles. The van der Waals surface area contributed by atoms with Gasteiger partial charge in [-0.2, -0.15) is 0 Å². The summed E-state index contributed by atoms with van der Waals surface area (Å²) in [4.78, 5) is 47.3. The van der Waals surface area contributed by atoms with Crippen molar-refractivity contribution in [1.82, 2.24) is 0 Å². The number of rotatable bonds is 7. The van der Waals surface area contributed by atoms with Crippen molar-refractivity contribution in [3.8, 4) is 0 Å². The molecule has 0 bridgehead atoms. The van der Waals surface area contributed by atoms with E-state index >= 15 is 0 Å². The molecular weight excluding hydrogens is 487 g/mol. The zero-order valence-corrected chi connectivity index (χ0v) is 20.0. The van der Waals surface area contributed by atoms with Crippen LogP contribution in [0.15, 0.2) is 23.1 Å². The van der Waals surface area contributed by atoms with Crippen LogP contribution in [0.2, 0.25) is 10.0 Å². The molecule has 0 amide bonds. The van der Waals surface area contributed by atoms with Crippen molar-refractivity contribution in [3.63, 3.8) is 0 Å². The number of thioether (sulfide) groups is 1. The van der Waals surface area contributed by atoms with Gasteiger partial charge in [-0.25, -0.2) is 0 Å². The molecule has 1 aliphatic heterocycles. The van der Waals surface area contributed by atoms with Crippen LogP contribution < -0.4 is 0 Å². The molecule has 0 aliphatic carbocycles. The first-order valence-electron chi connectivity index (χ1n) is 9.40. The topological polar surface area (TPSA) is 114 Å². The molecular formula is C20H22Cl2O9S. The summed E-state index contributed by atoms with van der Waals surface area (Å²) in [6.45, 7) is 4.41. The van der Waals surface area contributed by atoms with Gasteiger partial charge in [0.1, 0.15) is 18.1 Å². The zero-order chi connectivity index (χ0) is 24.0. The second-order valence-electron chi connectivity index (χ2n) is 6.76. The molecule has 0 N–H and O–H groups in total. The molecule has 9 nitrogen and oxygen atoms in total. The summed E-state index contributed by atoms with van der Waals surface area (Å²) < 4.78 is 27.2. The van der Waals surface area contributed by atoms with Gasteiger partial charge >= 0.3 is 23.9 Å². The van der Waals surface area contributed by atoms with E-state index in [1.165, 1.54) is 13.8 Å². The smallest absolute Gasteiger partial charge is 0.303 e. The highest BCUT2D eigenvalue weighted by atomic mass is 35.5. The first-order chi connectivity index (χ1) is 15.0. The Balaban J connectivity index is 2.46. The molecule has 1 saturated heterocycles. The highest BCUT2D eigenvalue weighted by Gasteiger charge is 2.52. The van der Waals surface area contributed by atoms with Gasteiger partial charge < -0.3 is 23.7 Å². The van der Waals surface area contributed by atoms with E-state index in [1.807, 2.05) is 0 Å². The molecule has 1 aromatic rings. The predicted octanol–water partition coefficient (Wildman–Crippen LogP) is 3.17. The van der Waals surface area contributed by atoms with Crippen molar-refractivity contribution in [3.05, 3.63) is 28.2 Å². The third-order valence-corrected chi connectivity index (χ3v) is 5.97. The molecule has 5 atom stereocenters. The Morgan fingerprint density at radius 3 is 1.94 bits per heavy atom. The number of hydrogen-bond acceptors (Lipinski definition) is 10. The van der Waals surface area contributed by atoms with Gasteiger partial charge in [-0.15, -0.1) is 0 Å². The van der Waals surface area contributed by atoms with E-state index in [4.69, 9.17) is 46.9 Å². The molecule has 0 spiro atoms. The van der Waals surface area contributed by atoms with Crippen LogP contribution in [0.25, 0.3) is 0 Å². The monoisotopic (exact) mass is 508 g/mol. The number of carbonyl (C=O) groups excluding carboxylic acids is 4. The number of benzene rings is 1. The minimum Gasteiger partial charge on any atom is -0.463 e. The highest BCUT2D eigenvalue weighted by molar-refractivity contribution is 7.99. The molecule has 1 fully saturated rings. The average molecular weight is 509 g/mol. The molecule has 2 rings (SSSR count). The van der Waals surface area contributed by atoms with Crippen LogP contribution in [0.3, 0.4) is 0 Å². The molecule has 0 radical (unpaired) electrons. The summed E-state index contributed by atoms with van der Waals surface area (Å²) in [5.74, 6) is -2.65. The van der Waals surface area contributed by atoms with Crippen LogP contribution in [0.4, 0.5) is 0 Å². The molecule has 2 unspecified atom stereocenters. The maximum atomic E-state index is 11.8. The Labute approximate surface area is 198 Å². The number of esters is 4. The Kier molecular flexibility index (Phi) is 9.63. The summed E-state index contributed by atoms with van der Waals surface area (Å²) >= 11 is 13.2. The Morgan fingerprint density at radius 2 is 1.41 bits per heavy atom. The second-order valence-corrected chi connectivity index (χ2v) is 8.75. The van der Waals surface area contributed by atoms with E-state index in [-0.39, 0.29) is 6.61 Å². The van der Waals surface area contributed by atoms with Gasteiger partial charge in [0, 0.05) is 32.6 Å². The average Bonchev–Trinajstić information content (AvgIpc) is 2.66.